The number of para-hydroxylation sites is 1. The van der Waals surface area contributed by atoms with E-state index in [2.05, 4.69) is 10.2 Å². The highest BCUT2D eigenvalue weighted by atomic mass is 35.5. The number of nitrogens with zero attached hydrogens (tertiary/aromatic N) is 1. The van der Waals surface area contributed by atoms with Crippen molar-refractivity contribution in [2.24, 2.45) is 0 Å². The first-order valence-electron chi connectivity index (χ1n) is 7.51. The van der Waals surface area contributed by atoms with Gasteiger partial charge < -0.3 is 15.2 Å². The van der Waals surface area contributed by atoms with E-state index < -0.39 is 0 Å². The number of fused-ring (bicyclic) bond motifs is 1. The van der Waals surface area contributed by atoms with E-state index in [1.807, 2.05) is 48.6 Å². The third kappa shape index (κ3) is 3.16. The van der Waals surface area contributed by atoms with Crippen molar-refractivity contribution in [1.29, 1.82) is 0 Å². The van der Waals surface area contributed by atoms with Crippen molar-refractivity contribution in [1.82, 2.24) is 10.2 Å². The maximum absolute atomic E-state index is 6.20. The summed E-state index contributed by atoms with van der Waals surface area (Å²) in [5.74, 6) is 1.49. The molecule has 3 aromatic rings. The van der Waals surface area contributed by atoms with Gasteiger partial charge >= 0.3 is 0 Å². The average Bonchev–Trinajstić information content (AvgIpc) is 3.02. The first kappa shape index (κ1) is 16.2. The lowest BCUT2D eigenvalue weighted by molar-refractivity contribution is 0.313. The van der Waals surface area contributed by atoms with Crippen LogP contribution < -0.4 is 15.2 Å². The molecule has 6 heteroatoms. The predicted octanol–water partition coefficient (Wildman–Crippen LogP) is 3.94. The average molecular weight is 344 g/mol. The van der Waals surface area contributed by atoms with Crippen molar-refractivity contribution in [3.8, 4) is 11.5 Å². The van der Waals surface area contributed by atoms with Gasteiger partial charge in [-0.05, 0) is 24.3 Å². The minimum Gasteiger partial charge on any atom is -0.491 e. The summed E-state index contributed by atoms with van der Waals surface area (Å²) in [4.78, 5) is 0. The molecule has 1 aromatic heterocycles. The van der Waals surface area contributed by atoms with Crippen LogP contribution in [0.25, 0.3) is 23.1 Å². The SMILES string of the molecule is COc1c(OCCCl)ccc(C=Cc2n[nH]c3ccccc23)c1N. The number of nitrogens with one attached hydrogen (secondary N) is 1. The number of hydrogen-bond acceptors (Lipinski definition) is 4. The number of anilines is 1. The number of nitrogen functional groups attached to an aromatic ring is 1. The van der Waals surface area contributed by atoms with E-state index in [-0.39, 0.29) is 0 Å². The van der Waals surface area contributed by atoms with E-state index in [9.17, 15) is 0 Å². The quantitative estimate of drug-likeness (QED) is 0.525. The third-order valence-corrected chi connectivity index (χ3v) is 3.81. The second kappa shape index (κ2) is 7.27. The van der Waals surface area contributed by atoms with Gasteiger partial charge in [-0.2, -0.15) is 5.10 Å². The molecule has 0 amide bonds. The van der Waals surface area contributed by atoms with Gasteiger partial charge in [0.2, 0.25) is 0 Å². The largest absolute Gasteiger partial charge is 0.491 e. The Morgan fingerprint density at radius 3 is 2.83 bits per heavy atom. The summed E-state index contributed by atoms with van der Waals surface area (Å²) in [6, 6.07) is 11.7. The molecular weight excluding hydrogens is 326 g/mol. The number of alkyl halides is 1. The van der Waals surface area contributed by atoms with Crippen LogP contribution in [0, 0.1) is 0 Å². The molecule has 0 fully saturated rings. The van der Waals surface area contributed by atoms with E-state index in [1.54, 1.807) is 7.11 Å². The summed E-state index contributed by atoms with van der Waals surface area (Å²) < 4.78 is 10.9. The molecule has 0 aliphatic carbocycles. The number of nitrogens with two attached hydrogens (primary N) is 1. The fraction of sp³-hybridized carbons (Fsp3) is 0.167. The Morgan fingerprint density at radius 2 is 2.04 bits per heavy atom. The summed E-state index contributed by atoms with van der Waals surface area (Å²) >= 11 is 5.65. The number of aromatic nitrogens is 2. The van der Waals surface area contributed by atoms with Crippen molar-refractivity contribution in [3.05, 3.63) is 47.7 Å². The monoisotopic (exact) mass is 343 g/mol. The number of benzene rings is 2. The highest BCUT2D eigenvalue weighted by molar-refractivity contribution is 6.18. The Morgan fingerprint density at radius 1 is 1.21 bits per heavy atom. The van der Waals surface area contributed by atoms with Gasteiger partial charge in [-0.3, -0.25) is 5.10 Å². The van der Waals surface area contributed by atoms with Crippen molar-refractivity contribution in [3.63, 3.8) is 0 Å². The van der Waals surface area contributed by atoms with E-state index >= 15 is 0 Å². The van der Waals surface area contributed by atoms with Gasteiger partial charge in [0, 0.05) is 10.9 Å². The molecule has 0 radical (unpaired) electrons. The van der Waals surface area contributed by atoms with E-state index in [0.717, 1.165) is 22.2 Å². The summed E-state index contributed by atoms with van der Waals surface area (Å²) in [5, 5.41) is 8.38. The Hall–Kier alpha value is -2.66. The molecule has 2 aromatic carbocycles. The van der Waals surface area contributed by atoms with Crippen molar-refractivity contribution >= 4 is 40.3 Å². The molecule has 5 nitrogen and oxygen atoms in total. The van der Waals surface area contributed by atoms with Crippen LogP contribution in [0.4, 0.5) is 5.69 Å². The predicted molar refractivity (Wildman–Crippen MR) is 98.6 cm³/mol. The molecule has 24 heavy (non-hydrogen) atoms. The zero-order valence-corrected chi connectivity index (χ0v) is 14.0. The minimum absolute atomic E-state index is 0.395. The molecule has 0 bridgehead atoms. The molecular formula is C18H18ClN3O2. The van der Waals surface area contributed by atoms with Crippen molar-refractivity contribution in [2.45, 2.75) is 0 Å². The zero-order valence-electron chi connectivity index (χ0n) is 13.3. The summed E-state index contributed by atoms with van der Waals surface area (Å²) in [6.07, 6.45) is 3.83. The molecule has 0 saturated heterocycles. The van der Waals surface area contributed by atoms with Gasteiger partial charge in [-0.1, -0.05) is 24.3 Å². The number of rotatable bonds is 6. The van der Waals surface area contributed by atoms with E-state index in [4.69, 9.17) is 26.8 Å². The maximum Gasteiger partial charge on any atom is 0.184 e. The molecule has 0 aliphatic rings. The molecule has 3 rings (SSSR count). The molecule has 0 saturated carbocycles. The van der Waals surface area contributed by atoms with Gasteiger partial charge in [0.25, 0.3) is 0 Å². The standard InChI is InChI=1S/C18H18ClN3O2/c1-23-18-16(24-11-10-19)9-7-12(17(18)20)6-8-15-13-4-2-3-5-14(13)21-22-15/h2-9H,10-11,20H2,1H3,(H,21,22). The van der Waals surface area contributed by atoms with Crippen LogP contribution in [-0.4, -0.2) is 29.8 Å². The van der Waals surface area contributed by atoms with Gasteiger partial charge in [-0.15, -0.1) is 11.6 Å². The topological polar surface area (TPSA) is 73.2 Å². The second-order valence-corrected chi connectivity index (χ2v) is 5.50. The summed E-state index contributed by atoms with van der Waals surface area (Å²) in [5.41, 5.74) is 9.39. The Kier molecular flexibility index (Phi) is 4.91. The van der Waals surface area contributed by atoms with E-state index in [1.165, 1.54) is 0 Å². The number of H-pyrrole nitrogens is 1. The Bertz CT molecular complexity index is 874. The highest BCUT2D eigenvalue weighted by Gasteiger charge is 2.11. The Balaban J connectivity index is 1.92. The Labute approximate surface area is 145 Å². The molecule has 0 unspecified atom stereocenters. The van der Waals surface area contributed by atoms with Crippen LogP contribution in [-0.2, 0) is 0 Å². The van der Waals surface area contributed by atoms with Crippen LogP contribution in [0.5, 0.6) is 11.5 Å². The van der Waals surface area contributed by atoms with Gasteiger partial charge in [0.05, 0.1) is 29.9 Å². The lowest BCUT2D eigenvalue weighted by atomic mass is 10.1. The van der Waals surface area contributed by atoms with Crippen LogP contribution in [0.15, 0.2) is 36.4 Å². The minimum atomic E-state index is 0.395. The number of hydrogen-bond donors (Lipinski definition) is 2. The van der Waals surface area contributed by atoms with Crippen molar-refractivity contribution < 1.29 is 9.47 Å². The highest BCUT2D eigenvalue weighted by Crippen LogP contribution is 2.36. The number of methoxy groups -OCH3 is 1. The van der Waals surface area contributed by atoms with Crippen LogP contribution in [0.2, 0.25) is 0 Å². The summed E-state index contributed by atoms with van der Waals surface area (Å²) in [6.45, 7) is 0.395. The van der Waals surface area contributed by atoms with Gasteiger partial charge in [-0.25, -0.2) is 0 Å². The lowest BCUT2D eigenvalue weighted by Crippen LogP contribution is -2.03. The van der Waals surface area contributed by atoms with Crippen LogP contribution in [0.1, 0.15) is 11.3 Å². The lowest BCUT2D eigenvalue weighted by Gasteiger charge is -2.13. The van der Waals surface area contributed by atoms with Gasteiger partial charge in [0.15, 0.2) is 11.5 Å². The maximum atomic E-state index is 6.20. The normalized spacial score (nSPS) is 11.2. The molecule has 124 valence electrons. The zero-order chi connectivity index (χ0) is 16.9. The first-order valence-corrected chi connectivity index (χ1v) is 8.04. The first-order chi connectivity index (χ1) is 11.7. The smallest absolute Gasteiger partial charge is 0.184 e. The molecule has 1 heterocycles. The molecule has 0 aliphatic heterocycles. The number of aromatic amines is 1. The second-order valence-electron chi connectivity index (χ2n) is 5.13. The fourth-order valence-electron chi connectivity index (χ4n) is 2.49. The van der Waals surface area contributed by atoms with Gasteiger partial charge in [0.1, 0.15) is 6.61 Å². The fourth-order valence-corrected chi connectivity index (χ4v) is 2.57. The molecule has 0 spiro atoms. The number of halogens is 1. The third-order valence-electron chi connectivity index (χ3n) is 3.65. The number of ether oxygens (including phenoxy) is 2. The van der Waals surface area contributed by atoms with Crippen LogP contribution >= 0.6 is 11.6 Å². The molecule has 0 atom stereocenters. The summed E-state index contributed by atoms with van der Waals surface area (Å²) in [7, 11) is 1.56. The van der Waals surface area contributed by atoms with Crippen molar-refractivity contribution in [2.75, 3.05) is 25.3 Å². The van der Waals surface area contributed by atoms with E-state index in [0.29, 0.717) is 29.7 Å². The molecule has 3 N–H and O–H groups in total. The van der Waals surface area contributed by atoms with Crippen LogP contribution in [0.3, 0.4) is 0 Å².